The quantitative estimate of drug-likeness (QED) is 0.802. The second kappa shape index (κ2) is 5.31. The van der Waals surface area contributed by atoms with E-state index >= 15 is 0 Å². The molecule has 0 aliphatic heterocycles. The molecule has 0 fully saturated rings. The van der Waals surface area contributed by atoms with Gasteiger partial charge in [-0.3, -0.25) is 9.59 Å². The van der Waals surface area contributed by atoms with Gasteiger partial charge in [-0.25, -0.2) is 4.98 Å². The van der Waals surface area contributed by atoms with Crippen molar-refractivity contribution in [2.75, 3.05) is 0 Å². The van der Waals surface area contributed by atoms with E-state index in [2.05, 4.69) is 15.3 Å². The molecule has 1 aliphatic rings. The summed E-state index contributed by atoms with van der Waals surface area (Å²) in [6.45, 7) is 0.173. The third-order valence-corrected chi connectivity index (χ3v) is 3.93. The van der Waals surface area contributed by atoms with Gasteiger partial charge in [0.15, 0.2) is 17.0 Å². The van der Waals surface area contributed by atoms with Crippen molar-refractivity contribution in [3.05, 3.63) is 59.1 Å². The number of nitrogens with one attached hydrogen (secondary N) is 1. The number of carbonyl (C=O) groups excluding carboxylic acids is 2. The fraction of sp³-hybridized carbons (Fsp3) is 0.176. The van der Waals surface area contributed by atoms with Gasteiger partial charge in [0.2, 0.25) is 5.89 Å². The van der Waals surface area contributed by atoms with Gasteiger partial charge in [-0.1, -0.05) is 12.1 Å². The highest BCUT2D eigenvalue weighted by Crippen LogP contribution is 2.25. The highest BCUT2D eigenvalue weighted by molar-refractivity contribution is 6.05. The zero-order valence-corrected chi connectivity index (χ0v) is 12.2. The molecule has 0 saturated heterocycles. The van der Waals surface area contributed by atoms with E-state index in [4.69, 9.17) is 4.42 Å². The predicted octanol–water partition coefficient (Wildman–Crippen LogP) is 2.28. The van der Waals surface area contributed by atoms with E-state index in [1.54, 1.807) is 36.5 Å². The van der Waals surface area contributed by atoms with Crippen molar-refractivity contribution in [2.45, 2.75) is 19.4 Å². The average Bonchev–Trinajstić information content (AvgIpc) is 3.16. The number of Topliss-reactive ketones (excluding diaryl/α,β-unsaturated/α-hetero) is 1. The normalized spacial score (nSPS) is 13.3. The Bertz CT molecular complexity index is 897. The van der Waals surface area contributed by atoms with Crippen LogP contribution in [0.25, 0.3) is 11.2 Å². The monoisotopic (exact) mass is 307 g/mol. The summed E-state index contributed by atoms with van der Waals surface area (Å²) in [5, 5.41) is 2.79. The van der Waals surface area contributed by atoms with Crippen molar-refractivity contribution in [2.24, 2.45) is 0 Å². The molecule has 1 amide bonds. The van der Waals surface area contributed by atoms with Crippen LogP contribution in [0.5, 0.6) is 0 Å². The van der Waals surface area contributed by atoms with Crippen LogP contribution in [0.15, 0.2) is 40.9 Å². The van der Waals surface area contributed by atoms with Gasteiger partial charge in [0, 0.05) is 23.7 Å². The van der Waals surface area contributed by atoms with Gasteiger partial charge in [0.25, 0.3) is 5.91 Å². The van der Waals surface area contributed by atoms with Crippen molar-refractivity contribution in [3.63, 3.8) is 0 Å². The van der Waals surface area contributed by atoms with E-state index < -0.39 is 0 Å². The van der Waals surface area contributed by atoms with Gasteiger partial charge in [-0.2, -0.15) is 4.98 Å². The number of rotatable bonds is 3. The Kier molecular flexibility index (Phi) is 3.15. The SMILES string of the molecule is O=C1CCc2c1cccc2C(=O)NCc1nc2ncccc2o1. The second-order valence-corrected chi connectivity index (χ2v) is 5.37. The molecule has 6 heteroatoms. The van der Waals surface area contributed by atoms with Crippen LogP contribution in [0.3, 0.4) is 0 Å². The predicted molar refractivity (Wildman–Crippen MR) is 82.1 cm³/mol. The number of carbonyl (C=O) groups is 2. The van der Waals surface area contributed by atoms with Crippen LogP contribution >= 0.6 is 0 Å². The van der Waals surface area contributed by atoms with Crippen molar-refractivity contribution >= 4 is 22.9 Å². The maximum Gasteiger partial charge on any atom is 0.252 e. The molecular formula is C17H13N3O3. The fourth-order valence-electron chi connectivity index (χ4n) is 2.84. The molecule has 1 aliphatic carbocycles. The summed E-state index contributed by atoms with van der Waals surface area (Å²) >= 11 is 0. The van der Waals surface area contributed by atoms with Crippen LogP contribution in [0, 0.1) is 0 Å². The fourth-order valence-corrected chi connectivity index (χ4v) is 2.84. The van der Waals surface area contributed by atoms with Crippen molar-refractivity contribution in [1.29, 1.82) is 0 Å². The van der Waals surface area contributed by atoms with Gasteiger partial charge in [0.05, 0.1) is 6.54 Å². The Morgan fingerprint density at radius 2 is 2.13 bits per heavy atom. The minimum Gasteiger partial charge on any atom is -0.437 e. The molecule has 23 heavy (non-hydrogen) atoms. The smallest absolute Gasteiger partial charge is 0.252 e. The summed E-state index contributed by atoms with van der Waals surface area (Å²) in [6, 6.07) is 8.78. The molecule has 114 valence electrons. The standard InChI is InChI=1S/C17H13N3O3/c21-13-7-6-10-11(13)3-1-4-12(10)17(22)19-9-15-20-16-14(23-15)5-2-8-18-16/h1-5,8H,6-7,9H2,(H,19,22). The summed E-state index contributed by atoms with van der Waals surface area (Å²) in [4.78, 5) is 32.5. The first-order chi connectivity index (χ1) is 11.2. The number of benzene rings is 1. The molecule has 2 heterocycles. The van der Waals surface area contributed by atoms with Crippen molar-refractivity contribution in [1.82, 2.24) is 15.3 Å². The van der Waals surface area contributed by atoms with Crippen molar-refractivity contribution < 1.29 is 14.0 Å². The summed E-state index contributed by atoms with van der Waals surface area (Å²) in [7, 11) is 0. The van der Waals surface area contributed by atoms with Crippen LogP contribution in [-0.2, 0) is 13.0 Å². The van der Waals surface area contributed by atoms with Gasteiger partial charge < -0.3 is 9.73 Å². The third-order valence-electron chi connectivity index (χ3n) is 3.93. The lowest BCUT2D eigenvalue weighted by Crippen LogP contribution is -2.24. The van der Waals surface area contributed by atoms with Crippen LogP contribution in [-0.4, -0.2) is 21.7 Å². The Hall–Kier alpha value is -3.02. The first-order valence-corrected chi connectivity index (χ1v) is 7.36. The highest BCUT2D eigenvalue weighted by Gasteiger charge is 2.24. The molecule has 0 atom stereocenters. The molecule has 0 saturated carbocycles. The van der Waals surface area contributed by atoms with Gasteiger partial charge in [-0.05, 0) is 30.2 Å². The molecular weight excluding hydrogens is 294 g/mol. The van der Waals surface area contributed by atoms with Crippen LogP contribution in [0.1, 0.15) is 38.6 Å². The maximum absolute atomic E-state index is 12.4. The molecule has 4 rings (SSSR count). The summed E-state index contributed by atoms with van der Waals surface area (Å²) in [5.41, 5.74) is 3.13. The van der Waals surface area contributed by atoms with E-state index in [1.165, 1.54) is 0 Å². The number of oxazole rings is 1. The minimum atomic E-state index is -0.230. The summed E-state index contributed by atoms with van der Waals surface area (Å²) < 4.78 is 5.52. The van der Waals surface area contributed by atoms with Gasteiger partial charge in [-0.15, -0.1) is 0 Å². The van der Waals surface area contributed by atoms with E-state index in [0.29, 0.717) is 41.1 Å². The number of fused-ring (bicyclic) bond motifs is 2. The molecule has 1 N–H and O–H groups in total. The topological polar surface area (TPSA) is 85.1 Å². The van der Waals surface area contributed by atoms with E-state index in [9.17, 15) is 9.59 Å². The van der Waals surface area contributed by atoms with Crippen LogP contribution < -0.4 is 5.32 Å². The average molecular weight is 307 g/mol. The highest BCUT2D eigenvalue weighted by atomic mass is 16.3. The molecule has 0 unspecified atom stereocenters. The third kappa shape index (κ3) is 2.38. The van der Waals surface area contributed by atoms with Crippen LogP contribution in [0.2, 0.25) is 0 Å². The molecule has 2 aromatic heterocycles. The number of ketones is 1. The zero-order chi connectivity index (χ0) is 15.8. The Morgan fingerprint density at radius 3 is 3.00 bits per heavy atom. The maximum atomic E-state index is 12.4. The molecule has 0 radical (unpaired) electrons. The number of amides is 1. The van der Waals surface area contributed by atoms with Gasteiger partial charge >= 0.3 is 0 Å². The van der Waals surface area contributed by atoms with Gasteiger partial charge in [0.1, 0.15) is 0 Å². The van der Waals surface area contributed by atoms with Crippen LogP contribution in [0.4, 0.5) is 0 Å². The van der Waals surface area contributed by atoms with Crippen molar-refractivity contribution in [3.8, 4) is 0 Å². The molecule has 6 nitrogen and oxygen atoms in total. The second-order valence-electron chi connectivity index (χ2n) is 5.37. The molecule has 1 aromatic carbocycles. The van der Waals surface area contributed by atoms with E-state index in [1.807, 2.05) is 0 Å². The number of hydrogen-bond donors (Lipinski definition) is 1. The first kappa shape index (κ1) is 13.6. The number of pyridine rings is 1. The Morgan fingerprint density at radius 1 is 1.22 bits per heavy atom. The number of hydrogen-bond acceptors (Lipinski definition) is 5. The number of nitrogens with zero attached hydrogens (tertiary/aromatic N) is 2. The van der Waals surface area contributed by atoms with E-state index in [-0.39, 0.29) is 18.2 Å². The Balaban J connectivity index is 1.54. The lowest BCUT2D eigenvalue weighted by molar-refractivity contribution is 0.0946. The minimum absolute atomic E-state index is 0.0969. The molecule has 3 aromatic rings. The van der Waals surface area contributed by atoms with E-state index in [0.717, 1.165) is 5.56 Å². The Labute approximate surface area is 131 Å². The lowest BCUT2D eigenvalue weighted by Gasteiger charge is -2.07. The zero-order valence-electron chi connectivity index (χ0n) is 12.2. The number of aromatic nitrogens is 2. The summed E-state index contributed by atoms with van der Waals surface area (Å²) in [5.74, 6) is 0.266. The first-order valence-electron chi connectivity index (χ1n) is 7.36. The lowest BCUT2D eigenvalue weighted by atomic mass is 10.0. The molecule has 0 spiro atoms. The largest absolute Gasteiger partial charge is 0.437 e. The molecule has 0 bridgehead atoms. The summed E-state index contributed by atoms with van der Waals surface area (Å²) in [6.07, 6.45) is 2.72.